The molecule has 0 aromatic heterocycles. The molecule has 0 radical (unpaired) electrons. The average molecular weight is 329 g/mol. The molecule has 0 fully saturated rings. The van der Waals surface area contributed by atoms with Crippen LogP contribution in [0.4, 0.5) is 11.4 Å². The van der Waals surface area contributed by atoms with Crippen LogP contribution in [0.25, 0.3) is 0 Å². The molecule has 1 amide bonds. The maximum atomic E-state index is 11.6. The van der Waals surface area contributed by atoms with Crippen LogP contribution < -0.4 is 5.32 Å². The van der Waals surface area contributed by atoms with Gasteiger partial charge in [-0.2, -0.15) is 12.6 Å². The van der Waals surface area contributed by atoms with Crippen molar-refractivity contribution in [2.24, 2.45) is 0 Å². The second-order valence-corrected chi connectivity index (χ2v) is 4.58. The van der Waals surface area contributed by atoms with E-state index in [1.807, 2.05) is 0 Å². The molecule has 0 saturated carbocycles. The van der Waals surface area contributed by atoms with Gasteiger partial charge in [-0.1, -0.05) is 0 Å². The highest BCUT2D eigenvalue weighted by Crippen LogP contribution is 2.34. The maximum Gasteiger partial charge on any atom is 0.335 e. The number of hydrogen-bond acceptors (Lipinski definition) is 7. The summed E-state index contributed by atoms with van der Waals surface area (Å²) in [6.45, 7) is 1.04. The normalized spacial score (nSPS) is 13.0. The zero-order valence-corrected chi connectivity index (χ0v) is 12.1. The van der Waals surface area contributed by atoms with Crippen LogP contribution in [0, 0.1) is 20.2 Å². The summed E-state index contributed by atoms with van der Waals surface area (Å²) in [7, 11) is 0. The van der Waals surface area contributed by atoms with Gasteiger partial charge in [0.05, 0.1) is 21.5 Å². The van der Waals surface area contributed by atoms with Crippen molar-refractivity contribution >= 4 is 35.9 Å². The monoisotopic (exact) mass is 329 g/mol. The Kier molecular flexibility index (Phi) is 5.04. The lowest BCUT2D eigenvalue weighted by Crippen LogP contribution is -2.53. The van der Waals surface area contributed by atoms with E-state index >= 15 is 0 Å². The van der Waals surface area contributed by atoms with Crippen LogP contribution in [-0.2, 0) is 15.1 Å². The van der Waals surface area contributed by atoms with Crippen molar-refractivity contribution in [2.45, 2.75) is 12.5 Å². The summed E-state index contributed by atoms with van der Waals surface area (Å²) in [6.07, 6.45) is 0. The number of carbonyl (C=O) groups is 2. The van der Waals surface area contributed by atoms with Gasteiger partial charge in [-0.3, -0.25) is 25.0 Å². The molecule has 10 nitrogen and oxygen atoms in total. The molecule has 118 valence electrons. The number of benzene rings is 1. The number of nitro benzene ring substituents is 2. The van der Waals surface area contributed by atoms with Crippen molar-refractivity contribution in [3.63, 3.8) is 0 Å². The zero-order chi connectivity index (χ0) is 17.1. The largest absolute Gasteiger partial charge is 0.479 e. The van der Waals surface area contributed by atoms with Gasteiger partial charge in [0.2, 0.25) is 5.91 Å². The second-order valence-electron chi connectivity index (χ2n) is 4.27. The lowest BCUT2D eigenvalue weighted by Gasteiger charge is -2.28. The van der Waals surface area contributed by atoms with Gasteiger partial charge in [0.15, 0.2) is 5.54 Å². The Morgan fingerprint density at radius 1 is 1.32 bits per heavy atom. The van der Waals surface area contributed by atoms with E-state index in [4.69, 9.17) is 0 Å². The van der Waals surface area contributed by atoms with Crippen molar-refractivity contribution in [3.05, 3.63) is 44.0 Å². The molecule has 1 aromatic carbocycles. The lowest BCUT2D eigenvalue weighted by molar-refractivity contribution is -0.394. The van der Waals surface area contributed by atoms with Crippen LogP contribution in [0.2, 0.25) is 0 Å². The summed E-state index contributed by atoms with van der Waals surface area (Å²) in [4.78, 5) is 42.8. The predicted octanol–water partition coefficient (Wildman–Crippen LogP) is 0.849. The van der Waals surface area contributed by atoms with E-state index in [1.165, 1.54) is 0 Å². The van der Waals surface area contributed by atoms with E-state index < -0.39 is 50.0 Å². The highest BCUT2D eigenvalue weighted by Gasteiger charge is 2.45. The van der Waals surface area contributed by atoms with Crippen molar-refractivity contribution in [2.75, 3.05) is 5.75 Å². The Bertz CT molecular complexity index is 663. The number of carbonyl (C=O) groups excluding carboxylic acids is 1. The Hall–Kier alpha value is -2.69. The van der Waals surface area contributed by atoms with Crippen molar-refractivity contribution < 1.29 is 24.5 Å². The smallest absolute Gasteiger partial charge is 0.335 e. The Labute approximate surface area is 128 Å². The topological polar surface area (TPSA) is 153 Å². The molecule has 2 N–H and O–H groups in total. The molecule has 11 heteroatoms. The Morgan fingerprint density at radius 2 is 1.91 bits per heavy atom. The average Bonchev–Trinajstić information content (AvgIpc) is 2.43. The quantitative estimate of drug-likeness (QED) is 0.397. The van der Waals surface area contributed by atoms with Crippen LogP contribution in [-0.4, -0.2) is 32.6 Å². The van der Waals surface area contributed by atoms with Gasteiger partial charge in [0.1, 0.15) is 0 Å². The summed E-state index contributed by atoms with van der Waals surface area (Å²) in [6, 6.07) is 2.49. The number of nitrogens with one attached hydrogen (secondary N) is 1. The zero-order valence-electron chi connectivity index (χ0n) is 11.2. The van der Waals surface area contributed by atoms with Crippen molar-refractivity contribution in [3.8, 4) is 0 Å². The molecule has 0 aliphatic carbocycles. The number of carboxylic acid groups (broad SMARTS) is 1. The molecule has 0 bridgehead atoms. The van der Waals surface area contributed by atoms with Gasteiger partial charge in [-0.05, 0) is 6.07 Å². The number of thiol groups is 1. The Morgan fingerprint density at radius 3 is 2.27 bits per heavy atom. The molecule has 0 spiro atoms. The van der Waals surface area contributed by atoms with Crippen LogP contribution in [0.3, 0.4) is 0 Å². The van der Waals surface area contributed by atoms with Gasteiger partial charge in [-0.25, -0.2) is 4.79 Å². The molecular formula is C11H11N3O7S. The van der Waals surface area contributed by atoms with Gasteiger partial charge in [0, 0.05) is 18.7 Å². The van der Waals surface area contributed by atoms with E-state index in [1.54, 1.807) is 0 Å². The third-order valence-electron chi connectivity index (χ3n) is 2.84. The minimum absolute atomic E-state index is 0.402. The molecule has 1 unspecified atom stereocenters. The van der Waals surface area contributed by atoms with E-state index in [0.29, 0.717) is 6.07 Å². The Balaban J connectivity index is 3.67. The van der Waals surface area contributed by atoms with Crippen molar-refractivity contribution in [1.29, 1.82) is 0 Å². The molecule has 0 aliphatic rings. The van der Waals surface area contributed by atoms with Crippen LogP contribution in [0.1, 0.15) is 12.5 Å². The molecule has 0 heterocycles. The molecule has 1 aromatic rings. The summed E-state index contributed by atoms with van der Waals surface area (Å²) in [5.74, 6) is -2.81. The van der Waals surface area contributed by atoms with Gasteiger partial charge in [0.25, 0.3) is 11.4 Å². The molecule has 0 aliphatic heterocycles. The lowest BCUT2D eigenvalue weighted by atomic mass is 9.89. The number of non-ortho nitro benzene ring substituents is 1. The summed E-state index contributed by atoms with van der Waals surface area (Å²) >= 11 is 3.86. The second kappa shape index (κ2) is 6.39. The fraction of sp³-hybridized carbons (Fsp3) is 0.273. The number of hydrogen-bond donors (Lipinski definition) is 3. The first-order valence-corrected chi connectivity index (χ1v) is 6.35. The molecule has 1 rings (SSSR count). The van der Waals surface area contributed by atoms with Crippen molar-refractivity contribution in [1.82, 2.24) is 5.32 Å². The molecule has 0 saturated heterocycles. The van der Waals surface area contributed by atoms with E-state index in [2.05, 4.69) is 17.9 Å². The minimum Gasteiger partial charge on any atom is -0.479 e. The SMILES string of the molecule is CC(=O)NC(CS)(C(=O)O)c1ccc([N+](=O)[O-])cc1[N+](=O)[O-]. The number of carboxylic acids is 1. The highest BCUT2D eigenvalue weighted by molar-refractivity contribution is 7.80. The summed E-state index contributed by atoms with van der Waals surface area (Å²) in [5.41, 5.74) is -3.94. The highest BCUT2D eigenvalue weighted by atomic mass is 32.1. The first-order valence-electron chi connectivity index (χ1n) is 5.72. The first-order chi connectivity index (χ1) is 10.2. The van der Waals surface area contributed by atoms with E-state index in [9.17, 15) is 34.9 Å². The maximum absolute atomic E-state index is 11.6. The summed E-state index contributed by atoms with van der Waals surface area (Å²) < 4.78 is 0. The summed E-state index contributed by atoms with van der Waals surface area (Å²) in [5, 5.41) is 33.3. The number of amides is 1. The third-order valence-corrected chi connectivity index (χ3v) is 3.31. The van der Waals surface area contributed by atoms with E-state index in [0.717, 1.165) is 19.1 Å². The molecular weight excluding hydrogens is 318 g/mol. The molecule has 22 heavy (non-hydrogen) atoms. The van der Waals surface area contributed by atoms with Crippen LogP contribution in [0.5, 0.6) is 0 Å². The van der Waals surface area contributed by atoms with E-state index in [-0.39, 0.29) is 0 Å². The van der Waals surface area contributed by atoms with Gasteiger partial charge >= 0.3 is 5.97 Å². The number of nitro groups is 2. The third kappa shape index (κ3) is 3.14. The number of aliphatic carboxylic acids is 1. The van der Waals surface area contributed by atoms with Crippen LogP contribution >= 0.6 is 12.6 Å². The predicted molar refractivity (Wildman–Crippen MR) is 76.7 cm³/mol. The fourth-order valence-electron chi connectivity index (χ4n) is 1.87. The standard InChI is InChI=1S/C11H11N3O7S/c1-6(15)12-11(5-22,10(16)17)8-3-2-7(13(18)19)4-9(8)14(20)21/h2-4,22H,5H2,1H3,(H,12,15)(H,16,17). The first kappa shape index (κ1) is 17.4. The molecule has 1 atom stereocenters. The van der Waals surface area contributed by atoms with Gasteiger partial charge in [-0.15, -0.1) is 0 Å². The van der Waals surface area contributed by atoms with Gasteiger partial charge < -0.3 is 10.4 Å². The number of nitrogens with zero attached hydrogens (tertiary/aromatic N) is 2. The number of rotatable bonds is 6. The fourth-order valence-corrected chi connectivity index (χ4v) is 2.26. The minimum atomic E-state index is -2.17. The van der Waals surface area contributed by atoms with Crippen LogP contribution in [0.15, 0.2) is 18.2 Å².